The third-order valence-corrected chi connectivity index (χ3v) is 6.33. The van der Waals surface area contributed by atoms with Crippen LogP contribution in [-0.4, -0.2) is 43.6 Å². The van der Waals surface area contributed by atoms with Crippen molar-refractivity contribution in [3.05, 3.63) is 35.5 Å². The first-order chi connectivity index (χ1) is 14.3. The molecule has 0 spiro atoms. The average molecular weight is 449 g/mol. The monoisotopic (exact) mass is 448 g/mol. The summed E-state index contributed by atoms with van der Waals surface area (Å²) < 4.78 is 14.5. The Hall–Kier alpha value is -2.31. The van der Waals surface area contributed by atoms with E-state index in [4.69, 9.17) is 11.6 Å². The minimum Gasteiger partial charge on any atom is -0.365 e. The van der Waals surface area contributed by atoms with E-state index in [0.29, 0.717) is 28.6 Å². The minimum atomic E-state index is -0.503. The number of amides is 1. The Balaban J connectivity index is 1.56. The second kappa shape index (κ2) is 8.44. The molecule has 3 aromatic heterocycles. The van der Waals surface area contributed by atoms with Gasteiger partial charge >= 0.3 is 0 Å². The predicted molar refractivity (Wildman–Crippen MR) is 119 cm³/mol. The molecule has 0 aliphatic heterocycles. The van der Waals surface area contributed by atoms with Crippen molar-refractivity contribution >= 4 is 43.6 Å². The largest absolute Gasteiger partial charge is 0.365 e. The molecule has 1 fully saturated rings. The van der Waals surface area contributed by atoms with Crippen molar-refractivity contribution < 1.29 is 9.18 Å². The zero-order valence-electron chi connectivity index (χ0n) is 16.5. The smallest absolute Gasteiger partial charge is 0.216 e. The fraction of sp³-hybridized carbons (Fsp3) is 0.400. The van der Waals surface area contributed by atoms with E-state index in [2.05, 4.69) is 39.8 Å². The summed E-state index contributed by atoms with van der Waals surface area (Å²) in [5.74, 6) is 0.00628. The van der Waals surface area contributed by atoms with E-state index in [1.54, 1.807) is 18.5 Å². The van der Waals surface area contributed by atoms with Crippen LogP contribution in [0.3, 0.4) is 0 Å². The molecule has 30 heavy (non-hydrogen) atoms. The Morgan fingerprint density at radius 2 is 2.27 bits per heavy atom. The number of pyridine rings is 1. The van der Waals surface area contributed by atoms with E-state index < -0.39 is 5.82 Å². The fourth-order valence-electron chi connectivity index (χ4n) is 3.93. The van der Waals surface area contributed by atoms with Gasteiger partial charge in [0.1, 0.15) is 5.65 Å². The van der Waals surface area contributed by atoms with E-state index >= 15 is 0 Å². The van der Waals surface area contributed by atoms with Gasteiger partial charge in [-0.15, -0.1) is 9.24 Å². The van der Waals surface area contributed by atoms with Crippen LogP contribution in [0, 0.1) is 5.82 Å². The first kappa shape index (κ1) is 20.9. The van der Waals surface area contributed by atoms with Crippen LogP contribution in [-0.2, 0) is 4.79 Å². The van der Waals surface area contributed by atoms with E-state index in [1.807, 2.05) is 0 Å². The van der Waals surface area contributed by atoms with Crippen molar-refractivity contribution in [1.29, 1.82) is 0 Å². The summed E-state index contributed by atoms with van der Waals surface area (Å²) in [6, 6.07) is 1.82. The Labute approximate surface area is 180 Å². The van der Waals surface area contributed by atoms with Crippen LogP contribution in [0.25, 0.3) is 22.4 Å². The summed E-state index contributed by atoms with van der Waals surface area (Å²) in [4.78, 5) is 27.2. The van der Waals surface area contributed by atoms with E-state index in [9.17, 15) is 9.18 Å². The Morgan fingerprint density at radius 1 is 1.43 bits per heavy atom. The lowest BCUT2D eigenvalue weighted by molar-refractivity contribution is -0.119. The van der Waals surface area contributed by atoms with Crippen LogP contribution in [0.2, 0.25) is 5.02 Å². The number of halogens is 2. The van der Waals surface area contributed by atoms with E-state index in [1.165, 1.54) is 13.1 Å². The number of anilines is 1. The molecular formula is C20H23ClFN6OP. The molecule has 2 unspecified atom stereocenters. The molecule has 0 aromatic carbocycles. The number of hydrogen-bond donors (Lipinski definition) is 3. The van der Waals surface area contributed by atoms with Gasteiger partial charge in [-0.2, -0.15) is 0 Å². The third kappa shape index (κ3) is 4.55. The molecule has 158 valence electrons. The number of carbonyl (C=O) groups excluding carboxylic acids is 1. The van der Waals surface area contributed by atoms with Crippen molar-refractivity contribution in [2.75, 3.05) is 11.9 Å². The SMILES string of the molecule is CC(=O)NCC1(P)CCC[C@@H](Nc2nc(-c3c[nH]c4ncc(Cl)cc34)ncc2F)C1. The van der Waals surface area contributed by atoms with Crippen LogP contribution in [0.4, 0.5) is 10.2 Å². The summed E-state index contributed by atoms with van der Waals surface area (Å²) in [5.41, 5.74) is 1.37. The van der Waals surface area contributed by atoms with Crippen LogP contribution in [0.5, 0.6) is 0 Å². The molecule has 0 saturated heterocycles. The maximum Gasteiger partial charge on any atom is 0.216 e. The number of nitrogens with one attached hydrogen (secondary N) is 3. The summed E-state index contributed by atoms with van der Waals surface area (Å²) in [7, 11) is 2.87. The van der Waals surface area contributed by atoms with Crippen LogP contribution in [0.15, 0.2) is 24.7 Å². The second-order valence-electron chi connectivity index (χ2n) is 7.85. The molecule has 3 N–H and O–H groups in total. The molecule has 0 radical (unpaired) electrons. The van der Waals surface area contributed by atoms with Gasteiger partial charge in [0.05, 0.1) is 11.2 Å². The van der Waals surface area contributed by atoms with Crippen molar-refractivity contribution in [3.63, 3.8) is 0 Å². The van der Waals surface area contributed by atoms with Crippen molar-refractivity contribution in [3.8, 4) is 11.4 Å². The summed E-state index contributed by atoms with van der Waals surface area (Å²) in [6.07, 6.45) is 8.12. The minimum absolute atomic E-state index is 0.0429. The summed E-state index contributed by atoms with van der Waals surface area (Å²) in [5, 5.41) is 7.30. The van der Waals surface area contributed by atoms with Gasteiger partial charge in [0.25, 0.3) is 0 Å². The zero-order valence-corrected chi connectivity index (χ0v) is 18.4. The predicted octanol–water partition coefficient (Wildman–Crippen LogP) is 3.92. The molecule has 0 bridgehead atoms. The Bertz CT molecular complexity index is 1090. The zero-order chi connectivity index (χ0) is 21.3. The van der Waals surface area contributed by atoms with Gasteiger partial charge in [0.2, 0.25) is 5.91 Å². The molecule has 1 aliphatic carbocycles. The molecule has 3 heterocycles. The van der Waals surface area contributed by atoms with E-state index in [-0.39, 0.29) is 22.9 Å². The number of carbonyl (C=O) groups is 1. The van der Waals surface area contributed by atoms with Crippen molar-refractivity contribution in [2.24, 2.45) is 0 Å². The first-order valence-corrected chi connectivity index (χ1v) is 10.7. The highest BCUT2D eigenvalue weighted by Gasteiger charge is 2.33. The van der Waals surface area contributed by atoms with Crippen LogP contribution < -0.4 is 10.6 Å². The molecule has 1 amide bonds. The van der Waals surface area contributed by atoms with Crippen molar-refractivity contribution in [1.82, 2.24) is 25.3 Å². The standard InChI is InChI=1S/C20H23ClFN6OP/c1-11(29)26-10-20(30)4-2-3-13(6-20)27-19-16(22)9-25-18(28-19)15-8-24-17-14(15)5-12(21)7-23-17/h5,7-9,13H,2-4,6,10,30H2,1H3,(H,23,24)(H,26,29)(H,25,27,28)/t13-,20?/m1/s1. The maximum atomic E-state index is 14.5. The normalized spacial score (nSPS) is 21.5. The number of nitrogens with zero attached hydrogens (tertiary/aromatic N) is 3. The molecule has 1 saturated carbocycles. The van der Waals surface area contributed by atoms with Crippen LogP contribution >= 0.6 is 20.8 Å². The number of hydrogen-bond acceptors (Lipinski definition) is 5. The van der Waals surface area contributed by atoms with E-state index in [0.717, 1.165) is 31.1 Å². The highest BCUT2D eigenvalue weighted by Crippen LogP contribution is 2.37. The lowest BCUT2D eigenvalue weighted by Crippen LogP contribution is -2.44. The lowest BCUT2D eigenvalue weighted by atomic mass is 9.84. The number of aromatic nitrogens is 4. The molecule has 1 aliphatic rings. The Kier molecular flexibility index (Phi) is 5.89. The lowest BCUT2D eigenvalue weighted by Gasteiger charge is -2.38. The second-order valence-corrected chi connectivity index (χ2v) is 9.51. The third-order valence-electron chi connectivity index (χ3n) is 5.39. The number of H-pyrrole nitrogens is 1. The van der Waals surface area contributed by atoms with Gasteiger partial charge in [-0.3, -0.25) is 4.79 Å². The highest BCUT2D eigenvalue weighted by molar-refractivity contribution is 7.19. The summed E-state index contributed by atoms with van der Waals surface area (Å²) in [6.45, 7) is 2.09. The van der Waals surface area contributed by atoms with Gasteiger partial charge in [-0.1, -0.05) is 18.0 Å². The van der Waals surface area contributed by atoms with Crippen molar-refractivity contribution in [2.45, 2.75) is 43.8 Å². The average Bonchev–Trinajstić information content (AvgIpc) is 3.11. The van der Waals surface area contributed by atoms with Gasteiger partial charge in [-0.05, 0) is 25.3 Å². The fourth-order valence-corrected chi connectivity index (χ4v) is 4.68. The number of rotatable bonds is 5. The quantitative estimate of drug-likeness (QED) is 0.514. The number of fused-ring (bicyclic) bond motifs is 1. The van der Waals surface area contributed by atoms with Gasteiger partial charge in [0, 0.05) is 48.0 Å². The van der Waals surface area contributed by atoms with Gasteiger partial charge in [0.15, 0.2) is 17.5 Å². The topological polar surface area (TPSA) is 95.6 Å². The summed E-state index contributed by atoms with van der Waals surface area (Å²) >= 11 is 6.07. The molecule has 3 aromatic rings. The molecular weight excluding hydrogens is 426 g/mol. The molecule has 3 atom stereocenters. The number of aromatic amines is 1. The maximum absolute atomic E-state index is 14.5. The molecule has 4 rings (SSSR count). The molecule has 10 heteroatoms. The first-order valence-electron chi connectivity index (χ1n) is 9.78. The van der Waals surface area contributed by atoms with Gasteiger partial charge in [-0.25, -0.2) is 19.3 Å². The highest BCUT2D eigenvalue weighted by atomic mass is 35.5. The Morgan fingerprint density at radius 3 is 3.07 bits per heavy atom. The molecule has 7 nitrogen and oxygen atoms in total. The van der Waals surface area contributed by atoms with Gasteiger partial charge < -0.3 is 15.6 Å². The van der Waals surface area contributed by atoms with Crippen LogP contribution in [0.1, 0.15) is 32.6 Å².